The van der Waals surface area contributed by atoms with Crippen molar-refractivity contribution >= 4 is 22.6 Å². The molecule has 1 atom stereocenters. The molecule has 0 saturated carbocycles. The van der Waals surface area contributed by atoms with Gasteiger partial charge in [0.25, 0.3) is 5.91 Å². The largest absolute Gasteiger partial charge is 0.474 e. The van der Waals surface area contributed by atoms with Crippen LogP contribution in [-0.2, 0) is 22.9 Å². The highest BCUT2D eigenvalue weighted by Crippen LogP contribution is 2.33. The number of pyridine rings is 1. The maximum atomic E-state index is 13.0. The molecule has 0 fully saturated rings. The van der Waals surface area contributed by atoms with Crippen LogP contribution in [0.3, 0.4) is 0 Å². The fourth-order valence-corrected chi connectivity index (χ4v) is 4.10. The number of hydrogen-bond donors (Lipinski definition) is 1. The van der Waals surface area contributed by atoms with Gasteiger partial charge in [0.15, 0.2) is 0 Å². The van der Waals surface area contributed by atoms with Gasteiger partial charge < -0.3 is 10.1 Å². The van der Waals surface area contributed by atoms with Gasteiger partial charge in [-0.15, -0.1) is 0 Å². The summed E-state index contributed by atoms with van der Waals surface area (Å²) in [6.45, 7) is 6.11. The van der Waals surface area contributed by atoms with Gasteiger partial charge in [0.05, 0.1) is 23.4 Å². The first-order valence-electron chi connectivity index (χ1n) is 9.21. The summed E-state index contributed by atoms with van der Waals surface area (Å²) in [6, 6.07) is 6.13. The van der Waals surface area contributed by atoms with E-state index in [1.807, 2.05) is 20.8 Å². The molecule has 0 saturated heterocycles. The molecule has 1 aliphatic heterocycles. The molecule has 30 heavy (non-hydrogen) atoms. The van der Waals surface area contributed by atoms with E-state index >= 15 is 0 Å². The molecule has 1 unspecified atom stereocenters. The molecule has 0 radical (unpaired) electrons. The highest BCUT2D eigenvalue weighted by molar-refractivity contribution is 7.85. The van der Waals surface area contributed by atoms with Crippen molar-refractivity contribution < 1.29 is 26.9 Å². The summed E-state index contributed by atoms with van der Waals surface area (Å²) in [5.41, 5.74) is 0.0179. The Kier molecular flexibility index (Phi) is 6.07. The minimum Gasteiger partial charge on any atom is -0.474 e. The van der Waals surface area contributed by atoms with Gasteiger partial charge in [-0.05, 0) is 44.5 Å². The second-order valence-corrected chi connectivity index (χ2v) is 9.24. The Bertz CT molecular complexity index is 956. The van der Waals surface area contributed by atoms with Crippen LogP contribution in [0.5, 0.6) is 5.88 Å². The van der Waals surface area contributed by atoms with E-state index in [1.54, 1.807) is 10.4 Å². The molecule has 10 heteroatoms. The zero-order valence-electron chi connectivity index (χ0n) is 16.7. The number of rotatable bonds is 4. The van der Waals surface area contributed by atoms with Crippen molar-refractivity contribution in [3.63, 3.8) is 0 Å². The fourth-order valence-electron chi connectivity index (χ4n) is 2.84. The molecular formula is C20H22F3N3O3S. The van der Waals surface area contributed by atoms with Crippen molar-refractivity contribution in [2.45, 2.75) is 38.2 Å². The monoisotopic (exact) mass is 441 g/mol. The van der Waals surface area contributed by atoms with Crippen LogP contribution < -0.4 is 14.4 Å². The van der Waals surface area contributed by atoms with Crippen molar-refractivity contribution in [1.29, 1.82) is 0 Å². The highest BCUT2D eigenvalue weighted by atomic mass is 32.2. The van der Waals surface area contributed by atoms with Crippen molar-refractivity contribution in [3.8, 4) is 5.88 Å². The number of alkyl halides is 3. The van der Waals surface area contributed by atoms with Crippen molar-refractivity contribution in [2.75, 3.05) is 17.5 Å². The van der Waals surface area contributed by atoms with Gasteiger partial charge in [-0.2, -0.15) is 13.2 Å². The van der Waals surface area contributed by atoms with E-state index in [0.717, 1.165) is 12.1 Å². The molecular weight excluding hydrogens is 419 g/mol. The number of aromatic nitrogens is 1. The normalized spacial score (nSPS) is 15.2. The van der Waals surface area contributed by atoms with Gasteiger partial charge in [0.2, 0.25) is 5.88 Å². The highest BCUT2D eigenvalue weighted by Gasteiger charge is 2.30. The third kappa shape index (κ3) is 5.29. The van der Waals surface area contributed by atoms with E-state index in [1.165, 1.54) is 18.3 Å². The third-order valence-electron chi connectivity index (χ3n) is 4.20. The molecule has 2 aromatic rings. The number of carbonyl (C=O) groups excluding carboxylic acids is 1. The number of anilines is 1. The zero-order chi connectivity index (χ0) is 22.1. The van der Waals surface area contributed by atoms with E-state index in [9.17, 15) is 22.2 Å². The summed E-state index contributed by atoms with van der Waals surface area (Å²) < 4.78 is 58.2. The van der Waals surface area contributed by atoms with Gasteiger partial charge in [0.1, 0.15) is 23.3 Å². The summed E-state index contributed by atoms with van der Waals surface area (Å²) in [7, 11) is -1.59. The van der Waals surface area contributed by atoms with Gasteiger partial charge in [-0.1, -0.05) is 12.1 Å². The summed E-state index contributed by atoms with van der Waals surface area (Å²) in [5.74, 6) is -0.0399. The maximum absolute atomic E-state index is 13.0. The predicted molar refractivity (Wildman–Crippen MR) is 108 cm³/mol. The van der Waals surface area contributed by atoms with E-state index in [2.05, 4.69) is 10.3 Å². The third-order valence-corrected chi connectivity index (χ3v) is 5.65. The van der Waals surface area contributed by atoms with E-state index < -0.39 is 28.3 Å². The number of benzene rings is 1. The Labute approximate surface area is 175 Å². The number of carbonyl (C=O) groups is 1. The first-order chi connectivity index (χ1) is 13.9. The quantitative estimate of drug-likeness (QED) is 0.786. The number of amides is 1. The molecule has 3 rings (SSSR count). The van der Waals surface area contributed by atoms with Gasteiger partial charge in [0, 0.05) is 11.7 Å². The van der Waals surface area contributed by atoms with Crippen LogP contribution in [-0.4, -0.2) is 33.8 Å². The van der Waals surface area contributed by atoms with Crippen LogP contribution in [0.25, 0.3) is 0 Å². The Morgan fingerprint density at radius 2 is 1.90 bits per heavy atom. The van der Waals surface area contributed by atoms with E-state index in [4.69, 9.17) is 4.74 Å². The maximum Gasteiger partial charge on any atom is 0.416 e. The van der Waals surface area contributed by atoms with Crippen molar-refractivity contribution in [2.24, 2.45) is 0 Å². The lowest BCUT2D eigenvalue weighted by Gasteiger charge is -2.29. The minimum absolute atomic E-state index is 0.0238. The molecule has 0 aliphatic carbocycles. The van der Waals surface area contributed by atoms with Gasteiger partial charge in [-0.25, -0.2) is 9.19 Å². The molecule has 1 aliphatic rings. The standard InChI is InChI=1S/C20H22F3N3O3S/c1-19(2,3)25-17(27)14-10-16-18(24-11-14)29-9-8-26(16)30(28)12-13-4-6-15(7-5-13)20(21,22)23/h4-7,10-11H,8-9,12H2,1-3H3,(H,25,27). The second-order valence-electron chi connectivity index (χ2n) is 7.86. The van der Waals surface area contributed by atoms with Crippen molar-refractivity contribution in [1.82, 2.24) is 10.3 Å². The topological polar surface area (TPSA) is 71.5 Å². The number of nitrogens with one attached hydrogen (secondary N) is 1. The van der Waals surface area contributed by atoms with Crippen LogP contribution in [0.15, 0.2) is 36.5 Å². The smallest absolute Gasteiger partial charge is 0.416 e. The fraction of sp³-hybridized carbons (Fsp3) is 0.400. The first-order valence-corrected chi connectivity index (χ1v) is 10.5. The molecule has 0 bridgehead atoms. The van der Waals surface area contributed by atoms with Crippen LogP contribution in [0.4, 0.5) is 18.9 Å². The van der Waals surface area contributed by atoms with Crippen molar-refractivity contribution in [3.05, 3.63) is 53.2 Å². The average Bonchev–Trinajstić information content (AvgIpc) is 2.65. The van der Waals surface area contributed by atoms with Crippen LogP contribution >= 0.6 is 0 Å². The lowest BCUT2D eigenvalue weighted by molar-refractivity contribution is -0.137. The summed E-state index contributed by atoms with van der Waals surface area (Å²) in [4.78, 5) is 16.6. The Hall–Kier alpha value is -2.62. The number of halogens is 3. The number of nitrogens with zero attached hydrogens (tertiary/aromatic N) is 2. The number of fused-ring (bicyclic) bond motifs is 1. The minimum atomic E-state index is -4.42. The van der Waals surface area contributed by atoms with Crippen LogP contribution in [0, 0.1) is 0 Å². The molecule has 1 aromatic heterocycles. The zero-order valence-corrected chi connectivity index (χ0v) is 17.6. The Morgan fingerprint density at radius 1 is 1.23 bits per heavy atom. The summed E-state index contributed by atoms with van der Waals surface area (Å²) in [5, 5.41) is 2.84. The first kappa shape index (κ1) is 22.1. The number of ether oxygens (including phenoxy) is 1. The van der Waals surface area contributed by atoms with Gasteiger partial charge >= 0.3 is 6.18 Å². The average molecular weight is 441 g/mol. The molecule has 0 spiro atoms. The van der Waals surface area contributed by atoms with E-state index in [0.29, 0.717) is 23.4 Å². The van der Waals surface area contributed by atoms with Crippen LogP contribution in [0.1, 0.15) is 42.3 Å². The SMILES string of the molecule is CC(C)(C)NC(=O)c1cnc2c(c1)N(S(=O)Cc1ccc(C(F)(F)F)cc1)CCO2. The number of hydrogen-bond acceptors (Lipinski definition) is 4. The molecule has 1 amide bonds. The second kappa shape index (κ2) is 8.25. The van der Waals surface area contributed by atoms with E-state index in [-0.39, 0.29) is 24.1 Å². The molecule has 162 valence electrons. The Balaban J connectivity index is 1.80. The lowest BCUT2D eigenvalue weighted by atomic mass is 10.1. The predicted octanol–water partition coefficient (Wildman–Crippen LogP) is 3.69. The Morgan fingerprint density at radius 3 is 2.50 bits per heavy atom. The molecule has 1 N–H and O–H groups in total. The summed E-state index contributed by atoms with van der Waals surface area (Å²) >= 11 is 0. The lowest BCUT2D eigenvalue weighted by Crippen LogP contribution is -2.41. The molecule has 1 aromatic carbocycles. The molecule has 6 nitrogen and oxygen atoms in total. The molecule has 2 heterocycles. The summed E-state index contributed by atoms with van der Waals surface area (Å²) in [6.07, 6.45) is -3.03. The van der Waals surface area contributed by atoms with Gasteiger partial charge in [-0.3, -0.25) is 9.10 Å². The van der Waals surface area contributed by atoms with Crippen LogP contribution in [0.2, 0.25) is 0 Å².